The third-order valence-electron chi connectivity index (χ3n) is 6.76. The van der Waals surface area contributed by atoms with Gasteiger partial charge in [0.25, 0.3) is 0 Å². The molecule has 38 heavy (non-hydrogen) atoms. The molecule has 0 fully saturated rings. The van der Waals surface area contributed by atoms with Crippen molar-refractivity contribution in [1.82, 2.24) is 0 Å². The van der Waals surface area contributed by atoms with Gasteiger partial charge in [0, 0.05) is 17.7 Å². The second-order valence-electron chi connectivity index (χ2n) is 10.2. The lowest BCUT2D eigenvalue weighted by molar-refractivity contribution is 0.108. The van der Waals surface area contributed by atoms with Crippen molar-refractivity contribution in [2.45, 2.75) is 112 Å². The molecule has 0 aromatic heterocycles. The van der Waals surface area contributed by atoms with E-state index in [0.29, 0.717) is 19.8 Å². The average molecular weight is 543 g/mol. The Kier molecular flexibility index (Phi) is 16.1. The Morgan fingerprint density at radius 2 is 1.11 bits per heavy atom. The highest BCUT2D eigenvalue weighted by molar-refractivity contribution is 7.66. The third-order valence-corrected chi connectivity index (χ3v) is 7.98. The first-order chi connectivity index (χ1) is 18.5. The van der Waals surface area contributed by atoms with Crippen molar-refractivity contribution in [3.63, 3.8) is 0 Å². The van der Waals surface area contributed by atoms with Crippen molar-refractivity contribution in [2.24, 2.45) is 0 Å². The van der Waals surface area contributed by atoms with Gasteiger partial charge in [0.15, 0.2) is 5.52 Å². The summed E-state index contributed by atoms with van der Waals surface area (Å²) in [6.45, 7) is 12.6. The summed E-state index contributed by atoms with van der Waals surface area (Å²) >= 11 is 0. The molecule has 0 aliphatic heterocycles. The maximum Gasteiger partial charge on any atom is 0.186 e. The number of hydrogen-bond donors (Lipinski definition) is 0. The quantitative estimate of drug-likeness (QED) is 0.116. The van der Waals surface area contributed by atoms with Crippen LogP contribution in [0.4, 0.5) is 0 Å². The molecule has 2 rings (SSSR count). The Morgan fingerprint density at radius 3 is 1.55 bits per heavy atom. The van der Waals surface area contributed by atoms with Crippen LogP contribution in [0.3, 0.4) is 0 Å². The molecule has 2 aromatic rings. The van der Waals surface area contributed by atoms with Crippen LogP contribution in [0.1, 0.15) is 119 Å². The van der Waals surface area contributed by atoms with Gasteiger partial charge in [-0.05, 0) is 52.8 Å². The molecule has 0 spiro atoms. The lowest BCUT2D eigenvalue weighted by Gasteiger charge is -2.19. The smallest absolute Gasteiger partial charge is 0.186 e. The molecule has 0 N–H and O–H groups in total. The fraction of sp³-hybridized carbons (Fsp3) is 0.606. The highest BCUT2D eigenvalue weighted by Crippen LogP contribution is 2.36. The van der Waals surface area contributed by atoms with Gasteiger partial charge in [0.05, 0.1) is 25.1 Å². The second-order valence-corrected chi connectivity index (χ2v) is 11.4. The molecule has 1 atom stereocenters. The number of aryl methyl sites for hydroxylation is 2. The van der Waals surface area contributed by atoms with Crippen molar-refractivity contribution >= 4 is 19.4 Å². The lowest BCUT2D eigenvalue weighted by Crippen LogP contribution is -2.14. The zero-order valence-electron chi connectivity index (χ0n) is 24.6. The van der Waals surface area contributed by atoms with Gasteiger partial charge in [-0.25, -0.2) is 0 Å². The van der Waals surface area contributed by atoms with Crippen molar-refractivity contribution in [1.29, 1.82) is 0 Å². The van der Waals surface area contributed by atoms with Crippen LogP contribution in [0, 0.1) is 13.8 Å². The number of ether oxygens (including phenoxy) is 3. The molecular weight excluding hydrogens is 491 g/mol. The molecule has 0 aliphatic rings. The van der Waals surface area contributed by atoms with Gasteiger partial charge in [0.1, 0.15) is 17.2 Å². The predicted octanol–water partition coefficient (Wildman–Crippen LogP) is 9.32. The van der Waals surface area contributed by atoms with E-state index in [9.17, 15) is 4.79 Å². The van der Waals surface area contributed by atoms with Crippen LogP contribution >= 0.6 is 8.58 Å². The molecule has 0 saturated heterocycles. The summed E-state index contributed by atoms with van der Waals surface area (Å²) in [4.78, 5) is 13.6. The monoisotopic (exact) mass is 542 g/mol. The van der Waals surface area contributed by atoms with E-state index in [-0.39, 0.29) is 14.1 Å². The topological polar surface area (TPSA) is 44.8 Å². The first-order valence-electron chi connectivity index (χ1n) is 15.0. The number of rotatable bonds is 21. The van der Waals surface area contributed by atoms with Crippen molar-refractivity contribution in [3.05, 3.63) is 47.0 Å². The highest BCUT2D eigenvalue weighted by Gasteiger charge is 2.21. The van der Waals surface area contributed by atoms with Crippen LogP contribution in [0.2, 0.25) is 0 Å². The van der Waals surface area contributed by atoms with Crippen LogP contribution in [0.5, 0.6) is 17.2 Å². The summed E-state index contributed by atoms with van der Waals surface area (Å²) in [5.41, 5.74) is 2.96. The second kappa shape index (κ2) is 19.1. The lowest BCUT2D eigenvalue weighted by atomic mass is 10.0. The number of benzene rings is 2. The summed E-state index contributed by atoms with van der Waals surface area (Å²) < 4.78 is 18.9. The van der Waals surface area contributed by atoms with E-state index in [4.69, 9.17) is 14.2 Å². The molecule has 0 heterocycles. The molecule has 1 unspecified atom stereocenters. The van der Waals surface area contributed by atoms with Crippen molar-refractivity contribution in [2.75, 3.05) is 19.8 Å². The fourth-order valence-electron chi connectivity index (χ4n) is 4.49. The Labute approximate surface area is 234 Å². The highest BCUT2D eigenvalue weighted by atomic mass is 31.1. The van der Waals surface area contributed by atoms with Crippen LogP contribution < -0.4 is 19.5 Å². The van der Waals surface area contributed by atoms with Gasteiger partial charge in [-0.2, -0.15) is 0 Å². The maximum atomic E-state index is 13.6. The third kappa shape index (κ3) is 11.4. The van der Waals surface area contributed by atoms with E-state index in [1.165, 1.54) is 44.9 Å². The summed E-state index contributed by atoms with van der Waals surface area (Å²) in [7, 11) is -0.0752. The minimum atomic E-state index is -0.0752. The summed E-state index contributed by atoms with van der Waals surface area (Å²) in [5, 5.41) is 0.863. The molecule has 0 radical (unpaired) electrons. The molecule has 5 heteroatoms. The minimum Gasteiger partial charge on any atom is -0.493 e. The first kappa shape index (κ1) is 32.2. The number of carbonyl (C=O) groups is 1. The van der Waals surface area contributed by atoms with Gasteiger partial charge in [0.2, 0.25) is 0 Å². The molecule has 0 bridgehead atoms. The van der Waals surface area contributed by atoms with E-state index in [1.54, 1.807) is 0 Å². The molecule has 0 aliphatic carbocycles. The maximum absolute atomic E-state index is 13.6. The largest absolute Gasteiger partial charge is 0.493 e. The molecular formula is C33H51O4P. The molecule has 0 saturated carbocycles. The van der Waals surface area contributed by atoms with Gasteiger partial charge in [-0.15, -0.1) is 0 Å². The van der Waals surface area contributed by atoms with E-state index in [2.05, 4.69) is 20.8 Å². The van der Waals surface area contributed by atoms with Crippen LogP contribution in [-0.2, 0) is 0 Å². The zero-order valence-corrected chi connectivity index (χ0v) is 25.6. The SMILES string of the molecule is CCCCCCOc1cc(OCCCCCC)c(PC(=O)c2c(C)cccc2C)c(OCCCCCC)c1. The Hall–Kier alpha value is -2.06. The zero-order chi connectivity index (χ0) is 27.6. The predicted molar refractivity (Wildman–Crippen MR) is 164 cm³/mol. The van der Waals surface area contributed by atoms with Crippen molar-refractivity contribution < 1.29 is 19.0 Å². The minimum absolute atomic E-state index is 0.0752. The van der Waals surface area contributed by atoms with E-state index < -0.39 is 0 Å². The normalized spacial score (nSPS) is 11.3. The van der Waals surface area contributed by atoms with Crippen LogP contribution in [0.15, 0.2) is 30.3 Å². The molecule has 2 aromatic carbocycles. The first-order valence-corrected chi connectivity index (χ1v) is 16.0. The summed E-state index contributed by atoms with van der Waals surface area (Å²) in [5.74, 6) is 2.23. The standard InChI is InChI=1S/C33H51O4P/c1-6-9-12-15-21-35-28-24-29(36-22-16-13-10-7-2)32(30(25-28)37-23-17-14-11-8-3)38-33(34)31-26(4)19-18-20-27(31)5/h18-20,24-25,38H,6-17,21-23H2,1-5H3. The number of unbranched alkanes of at least 4 members (excludes halogenated alkanes) is 9. The summed E-state index contributed by atoms with van der Waals surface area (Å²) in [6.07, 6.45) is 13.7. The van der Waals surface area contributed by atoms with Crippen LogP contribution in [-0.4, -0.2) is 25.3 Å². The Morgan fingerprint density at radius 1 is 0.658 bits per heavy atom. The van der Waals surface area contributed by atoms with Crippen molar-refractivity contribution in [3.8, 4) is 17.2 Å². The molecule has 212 valence electrons. The fourth-order valence-corrected chi connectivity index (χ4v) is 5.77. The average Bonchev–Trinajstić information content (AvgIpc) is 2.89. The molecule has 0 amide bonds. The Balaban J connectivity index is 2.34. The van der Waals surface area contributed by atoms with E-state index in [0.717, 1.165) is 71.3 Å². The number of carbonyl (C=O) groups excluding carboxylic acids is 1. The summed E-state index contributed by atoms with van der Waals surface area (Å²) in [6, 6.07) is 9.98. The van der Waals surface area contributed by atoms with Gasteiger partial charge >= 0.3 is 0 Å². The van der Waals surface area contributed by atoms with Gasteiger partial charge in [-0.1, -0.05) is 96.8 Å². The van der Waals surface area contributed by atoms with Gasteiger partial charge < -0.3 is 14.2 Å². The Bertz CT molecular complexity index is 901. The van der Waals surface area contributed by atoms with Gasteiger partial charge in [-0.3, -0.25) is 4.79 Å². The van der Waals surface area contributed by atoms with E-state index in [1.807, 2.05) is 44.2 Å². The number of hydrogen-bond acceptors (Lipinski definition) is 4. The van der Waals surface area contributed by atoms with Crippen LogP contribution in [0.25, 0.3) is 0 Å². The van der Waals surface area contributed by atoms with E-state index >= 15 is 0 Å². The molecule has 4 nitrogen and oxygen atoms in total.